The molecule has 0 spiro atoms. The maximum Gasteiger partial charge on any atom is 0.129 e. The van der Waals surface area contributed by atoms with Crippen LogP contribution in [0.1, 0.15) is 31.1 Å². The summed E-state index contributed by atoms with van der Waals surface area (Å²) < 4.78 is 16.5. The smallest absolute Gasteiger partial charge is 0.129 e. The van der Waals surface area contributed by atoms with Crippen LogP contribution in [0.4, 0.5) is 0 Å². The number of hydrogen-bond donors (Lipinski definition) is 1. The Morgan fingerprint density at radius 1 is 1.41 bits per heavy atom. The van der Waals surface area contributed by atoms with Crippen molar-refractivity contribution in [1.82, 2.24) is 5.32 Å². The van der Waals surface area contributed by atoms with Crippen molar-refractivity contribution in [3.63, 3.8) is 0 Å². The highest BCUT2D eigenvalue weighted by atomic mass is 16.5. The molecule has 0 saturated carbocycles. The fraction of sp³-hybridized carbons (Fsp3) is 0.692. The third kappa shape index (κ3) is 4.15. The average molecular weight is 239 g/mol. The zero-order valence-corrected chi connectivity index (χ0v) is 10.4. The number of nitrogens with one attached hydrogen (secondary N) is 1. The molecule has 2 rings (SSSR count). The molecule has 17 heavy (non-hydrogen) atoms. The van der Waals surface area contributed by atoms with Crippen molar-refractivity contribution in [2.24, 2.45) is 0 Å². The first-order valence-corrected chi connectivity index (χ1v) is 6.35. The summed E-state index contributed by atoms with van der Waals surface area (Å²) in [6.07, 6.45) is 4.10. The fourth-order valence-electron chi connectivity index (χ4n) is 1.91. The number of rotatable bonds is 6. The van der Waals surface area contributed by atoms with Crippen LogP contribution in [0.25, 0.3) is 0 Å². The minimum Gasteiger partial charge on any atom is -0.467 e. The van der Waals surface area contributed by atoms with Gasteiger partial charge in [0, 0.05) is 25.3 Å². The first-order chi connectivity index (χ1) is 8.38. The Bertz CT molecular complexity index is 318. The van der Waals surface area contributed by atoms with E-state index >= 15 is 0 Å². The zero-order valence-electron chi connectivity index (χ0n) is 10.4. The molecule has 1 fully saturated rings. The molecule has 4 heteroatoms. The monoisotopic (exact) mass is 239 g/mol. The van der Waals surface area contributed by atoms with E-state index in [0.717, 1.165) is 44.9 Å². The van der Waals surface area contributed by atoms with Gasteiger partial charge in [-0.1, -0.05) is 6.92 Å². The molecule has 1 aliphatic heterocycles. The summed E-state index contributed by atoms with van der Waals surface area (Å²) in [7, 11) is 0. The molecular weight excluding hydrogens is 218 g/mol. The van der Waals surface area contributed by atoms with Crippen LogP contribution in [-0.4, -0.2) is 25.9 Å². The van der Waals surface area contributed by atoms with E-state index in [2.05, 4.69) is 18.3 Å². The molecule has 0 bridgehead atoms. The maximum atomic E-state index is 5.79. The van der Waals surface area contributed by atoms with Crippen LogP contribution < -0.4 is 5.32 Å². The summed E-state index contributed by atoms with van der Waals surface area (Å²) in [4.78, 5) is 0. The third-order valence-electron chi connectivity index (χ3n) is 2.92. The molecule has 1 N–H and O–H groups in total. The van der Waals surface area contributed by atoms with E-state index in [9.17, 15) is 0 Å². The molecule has 2 heterocycles. The first kappa shape index (κ1) is 12.6. The lowest BCUT2D eigenvalue weighted by Crippen LogP contribution is -2.23. The van der Waals surface area contributed by atoms with Gasteiger partial charge in [-0.2, -0.15) is 0 Å². The van der Waals surface area contributed by atoms with Crippen molar-refractivity contribution in [3.05, 3.63) is 23.7 Å². The van der Waals surface area contributed by atoms with Gasteiger partial charge < -0.3 is 19.2 Å². The summed E-state index contributed by atoms with van der Waals surface area (Å²) in [5.74, 6) is 0.907. The summed E-state index contributed by atoms with van der Waals surface area (Å²) in [6, 6.07) is 2.06. The lowest BCUT2D eigenvalue weighted by Gasteiger charge is -2.21. The predicted octanol–water partition coefficient (Wildman–Crippen LogP) is 2.08. The topological polar surface area (TPSA) is 43.6 Å². The van der Waals surface area contributed by atoms with Gasteiger partial charge in [-0.05, 0) is 25.5 Å². The third-order valence-corrected chi connectivity index (χ3v) is 2.92. The molecule has 0 amide bonds. The lowest BCUT2D eigenvalue weighted by atomic mass is 10.1. The molecule has 0 atom stereocenters. The summed E-state index contributed by atoms with van der Waals surface area (Å²) in [5.41, 5.74) is 1.18. The highest BCUT2D eigenvalue weighted by Gasteiger charge is 2.14. The standard InChI is InChI=1S/C13H21NO3/c1-2-14-8-11-7-13(16-9-11)10-17-12-3-5-15-6-4-12/h7,9,12,14H,2-6,8,10H2,1H3. The molecule has 4 nitrogen and oxygen atoms in total. The molecule has 1 aromatic rings. The Labute approximate surface area is 102 Å². The van der Waals surface area contributed by atoms with Crippen molar-refractivity contribution >= 4 is 0 Å². The van der Waals surface area contributed by atoms with Crippen molar-refractivity contribution in [2.75, 3.05) is 19.8 Å². The molecular formula is C13H21NO3. The molecule has 0 unspecified atom stereocenters. The largest absolute Gasteiger partial charge is 0.467 e. The fourth-order valence-corrected chi connectivity index (χ4v) is 1.91. The second kappa shape index (κ2) is 6.79. The van der Waals surface area contributed by atoms with E-state index in [1.54, 1.807) is 6.26 Å². The van der Waals surface area contributed by atoms with Crippen LogP contribution in [0.5, 0.6) is 0 Å². The number of ether oxygens (including phenoxy) is 2. The van der Waals surface area contributed by atoms with E-state index in [4.69, 9.17) is 13.9 Å². The minimum absolute atomic E-state index is 0.325. The quantitative estimate of drug-likeness (QED) is 0.825. The van der Waals surface area contributed by atoms with Crippen LogP contribution in [0.15, 0.2) is 16.7 Å². The van der Waals surface area contributed by atoms with Crippen LogP contribution >= 0.6 is 0 Å². The van der Waals surface area contributed by atoms with Crippen LogP contribution in [-0.2, 0) is 22.6 Å². The number of hydrogen-bond acceptors (Lipinski definition) is 4. The van der Waals surface area contributed by atoms with Gasteiger partial charge in [-0.3, -0.25) is 0 Å². The van der Waals surface area contributed by atoms with Gasteiger partial charge >= 0.3 is 0 Å². The Morgan fingerprint density at radius 2 is 2.24 bits per heavy atom. The highest BCUT2D eigenvalue weighted by molar-refractivity contribution is 5.11. The number of furan rings is 1. The molecule has 0 aliphatic carbocycles. The van der Waals surface area contributed by atoms with Crippen LogP contribution in [0.2, 0.25) is 0 Å². The Morgan fingerprint density at radius 3 is 3.00 bits per heavy atom. The molecule has 0 radical (unpaired) electrons. The summed E-state index contributed by atoms with van der Waals surface area (Å²) in [5, 5.41) is 3.27. The maximum absolute atomic E-state index is 5.79. The van der Waals surface area contributed by atoms with Crippen molar-refractivity contribution in [2.45, 2.75) is 39.0 Å². The molecule has 96 valence electrons. The predicted molar refractivity (Wildman–Crippen MR) is 64.7 cm³/mol. The van der Waals surface area contributed by atoms with E-state index < -0.39 is 0 Å². The minimum atomic E-state index is 0.325. The highest BCUT2D eigenvalue weighted by Crippen LogP contribution is 2.15. The molecule has 1 aliphatic rings. The summed E-state index contributed by atoms with van der Waals surface area (Å²) in [6.45, 7) is 6.12. The van der Waals surface area contributed by atoms with E-state index in [-0.39, 0.29) is 0 Å². The zero-order chi connectivity index (χ0) is 11.9. The average Bonchev–Trinajstić information content (AvgIpc) is 2.83. The normalized spacial score (nSPS) is 17.5. The van der Waals surface area contributed by atoms with E-state index in [1.165, 1.54) is 5.56 Å². The van der Waals surface area contributed by atoms with E-state index in [0.29, 0.717) is 12.7 Å². The van der Waals surface area contributed by atoms with Crippen molar-refractivity contribution in [3.8, 4) is 0 Å². The lowest BCUT2D eigenvalue weighted by molar-refractivity contribution is -0.0433. The molecule has 1 aromatic heterocycles. The van der Waals surface area contributed by atoms with Gasteiger partial charge in [-0.25, -0.2) is 0 Å². The van der Waals surface area contributed by atoms with Crippen molar-refractivity contribution in [1.29, 1.82) is 0 Å². The molecule has 0 aromatic carbocycles. The second-order valence-electron chi connectivity index (χ2n) is 4.32. The van der Waals surface area contributed by atoms with Crippen LogP contribution in [0.3, 0.4) is 0 Å². The Kier molecular flexibility index (Phi) is 5.04. The van der Waals surface area contributed by atoms with Gasteiger partial charge in [-0.15, -0.1) is 0 Å². The van der Waals surface area contributed by atoms with Gasteiger partial charge in [0.1, 0.15) is 12.4 Å². The first-order valence-electron chi connectivity index (χ1n) is 6.35. The van der Waals surface area contributed by atoms with Gasteiger partial charge in [0.15, 0.2) is 0 Å². The summed E-state index contributed by atoms with van der Waals surface area (Å²) >= 11 is 0. The molecule has 1 saturated heterocycles. The van der Waals surface area contributed by atoms with Gasteiger partial charge in [0.25, 0.3) is 0 Å². The van der Waals surface area contributed by atoms with Crippen LogP contribution in [0, 0.1) is 0 Å². The Hall–Kier alpha value is -0.840. The Balaban J connectivity index is 1.72. The van der Waals surface area contributed by atoms with E-state index in [1.807, 2.05) is 0 Å². The SMILES string of the molecule is CCNCc1coc(COC2CCOCC2)c1. The van der Waals surface area contributed by atoms with Gasteiger partial charge in [0.05, 0.1) is 12.4 Å². The second-order valence-corrected chi connectivity index (χ2v) is 4.32. The van der Waals surface area contributed by atoms with Gasteiger partial charge in [0.2, 0.25) is 0 Å². The van der Waals surface area contributed by atoms with Crippen molar-refractivity contribution < 1.29 is 13.9 Å².